The van der Waals surface area contributed by atoms with E-state index >= 15 is 37.5 Å². The second kappa shape index (κ2) is 37.4. The van der Waals surface area contributed by atoms with E-state index in [1.54, 1.807) is 27.7 Å². The van der Waals surface area contributed by atoms with E-state index < -0.39 is 230 Å². The van der Waals surface area contributed by atoms with Gasteiger partial charge in [-0.1, -0.05) is 66.7 Å². The normalized spacial score (nSPS) is 33.2. The predicted molar refractivity (Wildman–Crippen MR) is 381 cm³/mol. The number of nitrogens with zero attached hydrogens (tertiary/aromatic N) is 9. The lowest BCUT2D eigenvalue weighted by molar-refractivity contribution is -0.219. The number of rotatable bonds is 12. The number of amides is 12. The molecule has 3 aliphatic heterocycles. The third-order valence-corrected chi connectivity index (χ3v) is 24.8. The minimum atomic E-state index is -5.22. The molecule has 108 heavy (non-hydrogen) atoms. The SMILES string of the molecule is CCO[C@@H]1C[C@H]2C(=O)NC3(CCCC3)C(=O)N(C)[C@@H](C3CCCC3)C(=O)N(C)[C@H](C(=O)N(C)C)CC(=O)N(C)[C@@H](CC)C(=O)N[C@@H]([C@@H](C)CC)C(=O)N(C)CC(=O)N(C)[C@H]3C[C@@H](C)[C@@H](C)CN(C3=O)[C@@H](CC3CCC(C(F)(F)F)CC3)C(=O)N(C)CC(=O)N[C@@H](CCC3CC(F)C(C(F)(F)F)C(F)C3)C(=O)N2C1. The van der Waals surface area contributed by atoms with Gasteiger partial charge in [0.05, 0.1) is 31.5 Å². The van der Waals surface area contributed by atoms with Crippen molar-refractivity contribution in [2.24, 2.45) is 47.3 Å². The van der Waals surface area contributed by atoms with Crippen molar-refractivity contribution in [1.82, 2.24) is 60.0 Å². The van der Waals surface area contributed by atoms with Crippen molar-refractivity contribution >= 4 is 70.9 Å². The van der Waals surface area contributed by atoms with Gasteiger partial charge >= 0.3 is 12.4 Å². The summed E-state index contributed by atoms with van der Waals surface area (Å²) in [6, 6.07) is -11.3. The van der Waals surface area contributed by atoms with Crippen LogP contribution in [0.5, 0.6) is 0 Å². The van der Waals surface area contributed by atoms with E-state index in [-0.39, 0.29) is 102 Å². The van der Waals surface area contributed by atoms with Crippen LogP contribution in [0.15, 0.2) is 0 Å². The van der Waals surface area contributed by atoms with E-state index in [4.69, 9.17) is 4.74 Å². The number of nitrogens with one attached hydrogen (secondary N) is 3. The molecule has 2 bridgehead atoms. The number of halogens is 8. The molecule has 2 unspecified atom stereocenters. The highest BCUT2D eigenvalue weighted by Gasteiger charge is 2.56. The molecule has 612 valence electrons. The fourth-order valence-electron chi connectivity index (χ4n) is 17.7. The largest absolute Gasteiger partial charge is 0.397 e. The number of likely N-dealkylation sites (N-methyl/N-ethyl adjacent to an activating group) is 7. The van der Waals surface area contributed by atoms with Gasteiger partial charge in [0.1, 0.15) is 72.1 Å². The fraction of sp³-hybridized carbons (Fsp3) is 0.840. The Morgan fingerprint density at radius 3 is 1.76 bits per heavy atom. The number of fused-ring (bicyclic) bond motifs is 3. The third kappa shape index (κ3) is 20.8. The Bertz CT molecular complexity index is 3190. The monoisotopic (exact) mass is 1550 g/mol. The fourth-order valence-corrected chi connectivity index (χ4v) is 17.7. The van der Waals surface area contributed by atoms with Crippen LogP contribution in [-0.2, 0) is 62.3 Å². The molecular weight excluding hydrogens is 1430 g/mol. The smallest absolute Gasteiger partial charge is 0.377 e. The van der Waals surface area contributed by atoms with Gasteiger partial charge in [0, 0.05) is 82.5 Å². The second-order valence-corrected chi connectivity index (χ2v) is 32.4. The summed E-state index contributed by atoms with van der Waals surface area (Å²) in [5, 5.41) is 8.45. The maximum atomic E-state index is 15.7. The zero-order valence-corrected chi connectivity index (χ0v) is 65.4. The van der Waals surface area contributed by atoms with Crippen molar-refractivity contribution < 1.29 is 97.4 Å². The molecule has 3 heterocycles. The highest BCUT2D eigenvalue weighted by molar-refractivity contribution is 6.01. The van der Waals surface area contributed by atoms with Gasteiger partial charge in [0.2, 0.25) is 70.9 Å². The number of carbonyl (C=O) groups excluding carboxylic acids is 12. The summed E-state index contributed by atoms with van der Waals surface area (Å²) in [4.78, 5) is 192. The standard InChI is InChI=1S/C75H118F8N12O13/c1-15-42(4)62-70(105)89(10)41-60(98)91(12)55-32-43(5)44(6)38-94(69(55)104)57(35-45-24-27-48(28-25-45)74(78,79)80)68(103)88(9)40-58(96)84-52(29-26-46-33-50(76)61(51(77)34-46)75(81,82)83)66(101)95-39-49(108-17-3)36-54(95)65(100)86-73(30-20-21-31-73)72(107)93(14)63(47-22-18-19-23-47)71(106)92(13)56(67(102)87(7)8)37-59(97)90(11)53(16-2)64(99)85-62/h42-57,61-63H,15-41H2,1-14H3,(H,84,96)(H,85,99)(H,86,100)/t42-,43+,44-,45?,46?,48?,49+,50?,51?,52-,53-,54-,55-,56-,57-,61?,62-,63-/m0/s1. The quantitative estimate of drug-likeness (QED) is 0.178. The van der Waals surface area contributed by atoms with Crippen LogP contribution in [0.4, 0.5) is 35.1 Å². The van der Waals surface area contributed by atoms with Gasteiger partial charge in [0.25, 0.3) is 0 Å². The first-order chi connectivity index (χ1) is 50.5. The molecule has 7 fully saturated rings. The maximum absolute atomic E-state index is 15.7. The van der Waals surface area contributed by atoms with Crippen LogP contribution in [0.25, 0.3) is 0 Å². The zero-order valence-electron chi connectivity index (χ0n) is 65.4. The van der Waals surface area contributed by atoms with Crippen molar-refractivity contribution in [1.29, 1.82) is 0 Å². The molecule has 3 saturated heterocycles. The Labute approximate surface area is 630 Å². The van der Waals surface area contributed by atoms with Crippen LogP contribution in [0.3, 0.4) is 0 Å². The molecule has 0 aromatic heterocycles. The van der Waals surface area contributed by atoms with Gasteiger partial charge in [0.15, 0.2) is 0 Å². The highest BCUT2D eigenvalue weighted by Crippen LogP contribution is 2.46. The molecule has 7 aliphatic rings. The first-order valence-corrected chi connectivity index (χ1v) is 38.8. The number of ether oxygens (including phenoxy) is 1. The van der Waals surface area contributed by atoms with Crippen LogP contribution in [-0.4, -0.2) is 289 Å². The minimum absolute atomic E-state index is 0.0000623. The lowest BCUT2D eigenvalue weighted by Crippen LogP contribution is -2.65. The number of alkyl halides is 8. The molecular formula is C75H118F8N12O13. The van der Waals surface area contributed by atoms with Crippen molar-refractivity contribution in [3.8, 4) is 0 Å². The number of hydrogen-bond donors (Lipinski definition) is 3. The highest BCUT2D eigenvalue weighted by atomic mass is 19.4. The minimum Gasteiger partial charge on any atom is -0.377 e. The van der Waals surface area contributed by atoms with Crippen LogP contribution in [0, 0.1) is 47.3 Å². The van der Waals surface area contributed by atoms with Crippen LogP contribution >= 0.6 is 0 Å². The second-order valence-electron chi connectivity index (χ2n) is 32.4. The van der Waals surface area contributed by atoms with Crippen molar-refractivity contribution in [2.45, 2.75) is 267 Å². The summed E-state index contributed by atoms with van der Waals surface area (Å²) in [6.07, 6.45) is -16.2. The molecule has 14 atom stereocenters. The first-order valence-electron chi connectivity index (χ1n) is 38.8. The van der Waals surface area contributed by atoms with Crippen LogP contribution in [0.2, 0.25) is 0 Å². The Kier molecular flexibility index (Phi) is 30.5. The molecule has 1 spiro atoms. The van der Waals surface area contributed by atoms with E-state index in [1.807, 2.05) is 13.8 Å². The van der Waals surface area contributed by atoms with E-state index in [0.717, 1.165) is 29.4 Å². The maximum Gasteiger partial charge on any atom is 0.397 e. The van der Waals surface area contributed by atoms with E-state index in [9.17, 15) is 55.1 Å². The van der Waals surface area contributed by atoms with Gasteiger partial charge in [-0.05, 0) is 139 Å². The summed E-state index contributed by atoms with van der Waals surface area (Å²) in [5.74, 6) is -17.4. The lowest BCUT2D eigenvalue weighted by atomic mass is 9.76. The van der Waals surface area contributed by atoms with Crippen LogP contribution in [0.1, 0.15) is 183 Å². The van der Waals surface area contributed by atoms with Crippen molar-refractivity contribution in [3.05, 3.63) is 0 Å². The van der Waals surface area contributed by atoms with Gasteiger partial charge in [-0.3, -0.25) is 57.5 Å². The Balaban J connectivity index is 1.33. The van der Waals surface area contributed by atoms with E-state index in [0.29, 0.717) is 44.9 Å². The molecule has 0 radical (unpaired) electrons. The topological polar surface area (TPSA) is 279 Å². The molecule has 7 rings (SSSR count). The van der Waals surface area contributed by atoms with E-state index in [2.05, 4.69) is 16.0 Å². The number of hydrogen-bond acceptors (Lipinski definition) is 13. The van der Waals surface area contributed by atoms with Gasteiger partial charge in [-0.15, -0.1) is 0 Å². The van der Waals surface area contributed by atoms with E-state index in [1.165, 1.54) is 71.1 Å². The molecule has 33 heteroatoms. The van der Waals surface area contributed by atoms with Gasteiger partial charge in [-0.2, -0.15) is 26.3 Å². The van der Waals surface area contributed by atoms with Crippen molar-refractivity contribution in [2.75, 3.05) is 89.2 Å². The summed E-state index contributed by atoms with van der Waals surface area (Å²) >= 11 is 0. The first kappa shape index (κ1) is 88.3. The Morgan fingerprint density at radius 2 is 1.20 bits per heavy atom. The molecule has 0 aromatic carbocycles. The average Bonchev–Trinajstić information content (AvgIpc) is 1.62. The summed E-state index contributed by atoms with van der Waals surface area (Å²) in [7, 11) is 10.9. The summed E-state index contributed by atoms with van der Waals surface area (Å²) < 4.78 is 122. The molecule has 4 aliphatic carbocycles. The zero-order chi connectivity index (χ0) is 80.5. The van der Waals surface area contributed by atoms with Crippen molar-refractivity contribution in [3.63, 3.8) is 0 Å². The molecule has 25 nitrogen and oxygen atoms in total. The molecule has 4 saturated carbocycles. The van der Waals surface area contributed by atoms with Crippen LogP contribution < -0.4 is 16.0 Å². The lowest BCUT2D eigenvalue weighted by Gasteiger charge is -2.42. The molecule has 3 N–H and O–H groups in total. The van der Waals surface area contributed by atoms with Gasteiger partial charge in [-0.25, -0.2) is 8.78 Å². The predicted octanol–water partition coefficient (Wildman–Crippen LogP) is 6.43. The Hall–Kier alpha value is -6.96. The summed E-state index contributed by atoms with van der Waals surface area (Å²) in [5.41, 5.74) is -1.72. The Morgan fingerprint density at radius 1 is 0.602 bits per heavy atom. The third-order valence-electron chi connectivity index (χ3n) is 24.8. The molecule has 0 aromatic rings. The summed E-state index contributed by atoms with van der Waals surface area (Å²) in [6.45, 7) is 8.62. The average molecular weight is 1550 g/mol. The number of carbonyl (C=O) groups is 12. The molecule has 12 amide bonds. The van der Waals surface area contributed by atoms with Gasteiger partial charge < -0.3 is 64.8 Å².